The lowest BCUT2D eigenvalue weighted by molar-refractivity contribution is 0.151. The number of hydrogen-bond acceptors (Lipinski definition) is 3. The van der Waals surface area contributed by atoms with E-state index in [-0.39, 0.29) is 22.7 Å². The van der Waals surface area contributed by atoms with E-state index in [2.05, 4.69) is 14.8 Å². The molecule has 0 spiro atoms. The summed E-state index contributed by atoms with van der Waals surface area (Å²) < 4.78 is 44.8. The lowest BCUT2D eigenvalue weighted by atomic mass is 10.1. The molecule has 2 aromatic rings. The molecule has 1 aromatic carbocycles. The number of H-pyrrole nitrogens is 1. The summed E-state index contributed by atoms with van der Waals surface area (Å²) in [7, 11) is 0. The minimum atomic E-state index is -2.81. The Morgan fingerprint density at radius 1 is 1.35 bits per heavy atom. The number of rotatable bonds is 4. The van der Waals surface area contributed by atoms with Crippen LogP contribution in [0.4, 0.5) is 18.9 Å². The fourth-order valence-corrected chi connectivity index (χ4v) is 1.93. The number of nitrogens with zero attached hydrogens (tertiary/aromatic N) is 2. The van der Waals surface area contributed by atoms with Crippen LogP contribution >= 0.6 is 0 Å². The molecule has 23 heavy (non-hydrogen) atoms. The molecule has 5 nitrogen and oxygen atoms in total. The quantitative estimate of drug-likeness (QED) is 0.849. The SMILES string of the molecule is [C-]#[N+]c1cc(C(F)F)cc(Oc2c(C(C)F)nc[nH]c2=O)c1C. The normalized spacial score (nSPS) is 12.0. The van der Waals surface area contributed by atoms with Gasteiger partial charge in [-0.15, -0.1) is 0 Å². The lowest BCUT2D eigenvalue weighted by Crippen LogP contribution is -2.13. The van der Waals surface area contributed by atoms with E-state index in [0.29, 0.717) is 0 Å². The van der Waals surface area contributed by atoms with Gasteiger partial charge in [0.15, 0.2) is 5.69 Å². The Labute approximate surface area is 129 Å². The molecule has 0 aliphatic carbocycles. The van der Waals surface area contributed by atoms with E-state index in [1.54, 1.807) is 0 Å². The third-order valence-corrected chi connectivity index (χ3v) is 3.15. The molecule has 0 saturated carbocycles. The Morgan fingerprint density at radius 2 is 2.04 bits per heavy atom. The summed E-state index contributed by atoms with van der Waals surface area (Å²) in [4.78, 5) is 20.9. The van der Waals surface area contributed by atoms with Crippen molar-refractivity contribution in [1.29, 1.82) is 0 Å². The summed E-state index contributed by atoms with van der Waals surface area (Å²) in [5, 5.41) is 0. The van der Waals surface area contributed by atoms with Crippen LogP contribution in [0.1, 0.15) is 36.3 Å². The highest BCUT2D eigenvalue weighted by molar-refractivity contribution is 5.60. The van der Waals surface area contributed by atoms with Gasteiger partial charge in [-0.1, -0.05) is 0 Å². The molecule has 8 heteroatoms. The van der Waals surface area contributed by atoms with E-state index < -0.39 is 29.5 Å². The van der Waals surface area contributed by atoms with E-state index in [1.165, 1.54) is 13.8 Å². The number of ether oxygens (including phenoxy) is 1. The van der Waals surface area contributed by atoms with Crippen molar-refractivity contribution >= 4 is 5.69 Å². The van der Waals surface area contributed by atoms with Crippen molar-refractivity contribution in [2.24, 2.45) is 0 Å². The van der Waals surface area contributed by atoms with Crippen LogP contribution in [0.5, 0.6) is 11.5 Å². The predicted octanol–water partition coefficient (Wildman–Crippen LogP) is 4.39. The van der Waals surface area contributed by atoms with Gasteiger partial charge in [0.1, 0.15) is 17.6 Å². The highest BCUT2D eigenvalue weighted by Gasteiger charge is 2.20. The highest BCUT2D eigenvalue weighted by Crippen LogP contribution is 2.37. The van der Waals surface area contributed by atoms with Crippen molar-refractivity contribution in [1.82, 2.24) is 9.97 Å². The molecule has 0 radical (unpaired) electrons. The van der Waals surface area contributed by atoms with Crippen LogP contribution in [-0.4, -0.2) is 9.97 Å². The number of aromatic amines is 1. The van der Waals surface area contributed by atoms with Crippen LogP contribution in [-0.2, 0) is 0 Å². The molecule has 0 bridgehead atoms. The van der Waals surface area contributed by atoms with Crippen LogP contribution in [0.3, 0.4) is 0 Å². The van der Waals surface area contributed by atoms with Crippen molar-refractivity contribution in [3.05, 3.63) is 57.1 Å². The van der Waals surface area contributed by atoms with Gasteiger partial charge in [-0.05, 0) is 31.5 Å². The molecular weight excluding hydrogens is 311 g/mol. The number of benzene rings is 1. The molecule has 0 aliphatic heterocycles. The van der Waals surface area contributed by atoms with Gasteiger partial charge >= 0.3 is 0 Å². The van der Waals surface area contributed by atoms with Gasteiger partial charge in [0.2, 0.25) is 5.75 Å². The van der Waals surface area contributed by atoms with Gasteiger partial charge in [0.05, 0.1) is 12.9 Å². The zero-order valence-corrected chi connectivity index (χ0v) is 12.2. The second-order valence-electron chi connectivity index (χ2n) is 4.74. The second kappa shape index (κ2) is 6.52. The van der Waals surface area contributed by atoms with Gasteiger partial charge in [-0.3, -0.25) is 4.79 Å². The monoisotopic (exact) mass is 323 g/mol. The number of alkyl halides is 3. The summed E-state index contributed by atoms with van der Waals surface area (Å²) in [5.41, 5.74) is -1.18. The molecular formula is C15H12F3N3O2. The fourth-order valence-electron chi connectivity index (χ4n) is 1.93. The molecule has 0 aliphatic rings. The maximum atomic E-state index is 13.6. The van der Waals surface area contributed by atoms with E-state index in [4.69, 9.17) is 11.3 Å². The Kier molecular flexibility index (Phi) is 4.69. The highest BCUT2D eigenvalue weighted by atomic mass is 19.3. The van der Waals surface area contributed by atoms with Crippen molar-refractivity contribution < 1.29 is 17.9 Å². The van der Waals surface area contributed by atoms with Gasteiger partial charge in [0.25, 0.3) is 12.0 Å². The third kappa shape index (κ3) is 3.34. The van der Waals surface area contributed by atoms with E-state index in [0.717, 1.165) is 18.5 Å². The largest absolute Gasteiger partial charge is 0.451 e. The van der Waals surface area contributed by atoms with Gasteiger partial charge in [-0.25, -0.2) is 23.0 Å². The van der Waals surface area contributed by atoms with Crippen molar-refractivity contribution in [2.45, 2.75) is 26.4 Å². The van der Waals surface area contributed by atoms with Crippen LogP contribution in [0, 0.1) is 13.5 Å². The molecule has 2 rings (SSSR count). The molecule has 120 valence electrons. The fraction of sp³-hybridized carbons (Fsp3) is 0.267. The van der Waals surface area contributed by atoms with Gasteiger partial charge < -0.3 is 9.72 Å². The van der Waals surface area contributed by atoms with E-state index in [1.807, 2.05) is 0 Å². The summed E-state index contributed by atoms with van der Waals surface area (Å²) in [6, 6.07) is 2.07. The third-order valence-electron chi connectivity index (χ3n) is 3.15. The van der Waals surface area contributed by atoms with Gasteiger partial charge in [0, 0.05) is 5.56 Å². The van der Waals surface area contributed by atoms with Crippen LogP contribution in [0.2, 0.25) is 0 Å². The number of nitrogens with one attached hydrogen (secondary N) is 1. The summed E-state index contributed by atoms with van der Waals surface area (Å²) in [5.74, 6) is -0.540. The van der Waals surface area contributed by atoms with Crippen LogP contribution < -0.4 is 10.3 Å². The zero-order valence-electron chi connectivity index (χ0n) is 12.2. The van der Waals surface area contributed by atoms with Gasteiger partial charge in [-0.2, -0.15) is 0 Å². The zero-order chi connectivity index (χ0) is 17.1. The van der Waals surface area contributed by atoms with Crippen molar-refractivity contribution in [3.63, 3.8) is 0 Å². The molecule has 0 saturated heterocycles. The Bertz CT molecular complexity index is 826. The molecule has 1 aromatic heterocycles. The number of halogens is 3. The summed E-state index contributed by atoms with van der Waals surface area (Å²) >= 11 is 0. The smallest absolute Gasteiger partial charge is 0.294 e. The Hall–Kier alpha value is -2.82. The minimum absolute atomic E-state index is 0.0343. The first-order chi connectivity index (χ1) is 10.8. The Balaban J connectivity index is 2.60. The topological polar surface area (TPSA) is 59.3 Å². The first-order valence-corrected chi connectivity index (χ1v) is 6.54. The maximum absolute atomic E-state index is 13.6. The van der Waals surface area contributed by atoms with Crippen LogP contribution in [0.25, 0.3) is 4.85 Å². The lowest BCUT2D eigenvalue weighted by Gasteiger charge is -2.14. The predicted molar refractivity (Wildman–Crippen MR) is 76.9 cm³/mol. The molecule has 0 fully saturated rings. The molecule has 1 atom stereocenters. The van der Waals surface area contributed by atoms with E-state index in [9.17, 15) is 18.0 Å². The molecule has 1 unspecified atom stereocenters. The summed E-state index contributed by atoms with van der Waals surface area (Å²) in [6.45, 7) is 9.69. The van der Waals surface area contributed by atoms with Crippen LogP contribution in [0.15, 0.2) is 23.3 Å². The summed E-state index contributed by atoms with van der Waals surface area (Å²) in [6.07, 6.45) is -3.38. The molecule has 1 N–H and O–H groups in total. The number of hydrogen-bond donors (Lipinski definition) is 1. The molecule has 0 amide bonds. The first-order valence-electron chi connectivity index (χ1n) is 6.54. The minimum Gasteiger partial charge on any atom is -0.451 e. The number of aromatic nitrogens is 2. The van der Waals surface area contributed by atoms with E-state index >= 15 is 0 Å². The van der Waals surface area contributed by atoms with Crippen molar-refractivity contribution in [3.8, 4) is 11.5 Å². The molecule has 1 heterocycles. The second-order valence-corrected chi connectivity index (χ2v) is 4.74. The maximum Gasteiger partial charge on any atom is 0.294 e. The average molecular weight is 323 g/mol. The van der Waals surface area contributed by atoms with Crippen molar-refractivity contribution in [2.75, 3.05) is 0 Å². The standard InChI is InChI=1S/C15H12F3N3O2/c1-7-10(19-3)4-9(14(17)18)5-11(7)23-13-12(8(2)16)20-6-21-15(13)22/h4-6,8,14H,1-2H3,(H,20,21,22). The Morgan fingerprint density at radius 3 is 2.61 bits per heavy atom. The first kappa shape index (κ1) is 16.5. The average Bonchev–Trinajstić information content (AvgIpc) is 2.50.